The number of amides is 1. The molecule has 6 nitrogen and oxygen atoms in total. The Morgan fingerprint density at radius 3 is 2.93 bits per heavy atom. The summed E-state index contributed by atoms with van der Waals surface area (Å²) in [5.74, 6) is -0.325. The number of carbonyl (C=O) groups is 1. The molecule has 150 valence electrons. The highest BCUT2D eigenvalue weighted by atomic mass is 32.1. The average molecular weight is 420 g/mol. The number of aromatic nitrogens is 3. The minimum Gasteiger partial charge on any atom is -0.372 e. The predicted molar refractivity (Wildman–Crippen MR) is 112 cm³/mol. The number of nitrogens with one attached hydrogen (secondary N) is 1. The van der Waals surface area contributed by atoms with E-state index in [4.69, 9.17) is 4.74 Å². The third-order valence-electron chi connectivity index (χ3n) is 4.89. The number of hydrogen-bond acceptors (Lipinski definition) is 6. The fourth-order valence-corrected chi connectivity index (χ4v) is 4.25. The fourth-order valence-electron chi connectivity index (χ4n) is 3.32. The molecule has 4 heterocycles. The summed E-state index contributed by atoms with van der Waals surface area (Å²) < 4.78 is 20.1. The second-order valence-electron chi connectivity index (χ2n) is 6.95. The van der Waals surface area contributed by atoms with Crippen LogP contribution in [0.15, 0.2) is 54.9 Å². The Balaban J connectivity index is 1.31. The zero-order valence-electron chi connectivity index (χ0n) is 15.8. The number of carbonyl (C=O) groups excluding carboxylic acids is 1. The van der Waals surface area contributed by atoms with Gasteiger partial charge in [0.1, 0.15) is 5.01 Å². The highest BCUT2D eigenvalue weighted by Crippen LogP contribution is 2.30. The minimum absolute atomic E-state index is 0.0116. The maximum Gasteiger partial charge on any atom is 0.253 e. The summed E-state index contributed by atoms with van der Waals surface area (Å²) in [5, 5.41) is 3.75. The number of fused-ring (bicyclic) bond motifs is 2. The lowest BCUT2D eigenvalue weighted by Crippen LogP contribution is -2.24. The minimum atomic E-state index is -1.26. The van der Waals surface area contributed by atoms with E-state index in [0.29, 0.717) is 22.5 Å². The molecule has 1 unspecified atom stereocenters. The molecule has 1 aliphatic heterocycles. The number of pyridine rings is 2. The predicted octanol–water partition coefficient (Wildman–Crippen LogP) is 4.22. The first-order valence-electron chi connectivity index (χ1n) is 9.47. The standard InChI is InChI=1S/C22H17FN4O2S/c23-17-11-29-12-19-16(17)6-14(8-25-19)21(28)26-9-15-7-18-20(10-24-15)30-22(27-18)13-4-2-1-3-5-13/h1-8,10,17H,9,11-12H2,(H,26,28). The van der Waals surface area contributed by atoms with Gasteiger partial charge >= 0.3 is 0 Å². The molecule has 0 saturated heterocycles. The summed E-state index contributed by atoms with van der Waals surface area (Å²) in [6.45, 7) is 0.495. The van der Waals surface area contributed by atoms with Crippen molar-refractivity contribution in [1.82, 2.24) is 20.3 Å². The van der Waals surface area contributed by atoms with Gasteiger partial charge in [0.2, 0.25) is 0 Å². The van der Waals surface area contributed by atoms with E-state index in [1.165, 1.54) is 6.20 Å². The van der Waals surface area contributed by atoms with Gasteiger partial charge in [-0.1, -0.05) is 30.3 Å². The van der Waals surface area contributed by atoms with E-state index in [9.17, 15) is 9.18 Å². The van der Waals surface area contributed by atoms with E-state index in [2.05, 4.69) is 20.3 Å². The zero-order chi connectivity index (χ0) is 20.5. The molecule has 0 aliphatic carbocycles. The molecule has 30 heavy (non-hydrogen) atoms. The van der Waals surface area contributed by atoms with Crippen molar-refractivity contribution in [1.29, 1.82) is 0 Å². The number of rotatable bonds is 4. The molecule has 1 aliphatic rings. The van der Waals surface area contributed by atoms with Crippen LogP contribution < -0.4 is 5.32 Å². The number of ether oxygens (including phenoxy) is 1. The quantitative estimate of drug-likeness (QED) is 0.535. The van der Waals surface area contributed by atoms with E-state index in [-0.39, 0.29) is 25.7 Å². The molecule has 1 amide bonds. The molecule has 0 saturated carbocycles. The van der Waals surface area contributed by atoms with Crippen molar-refractivity contribution in [3.63, 3.8) is 0 Å². The Kier molecular flexibility index (Phi) is 4.94. The summed E-state index contributed by atoms with van der Waals surface area (Å²) in [6.07, 6.45) is 1.95. The van der Waals surface area contributed by atoms with Crippen molar-refractivity contribution < 1.29 is 13.9 Å². The van der Waals surface area contributed by atoms with Crippen molar-refractivity contribution in [2.75, 3.05) is 6.61 Å². The summed E-state index contributed by atoms with van der Waals surface area (Å²) in [7, 11) is 0. The topological polar surface area (TPSA) is 77.0 Å². The van der Waals surface area contributed by atoms with Gasteiger partial charge in [-0.3, -0.25) is 14.8 Å². The summed E-state index contributed by atoms with van der Waals surface area (Å²) in [4.78, 5) is 25.8. The van der Waals surface area contributed by atoms with Crippen LogP contribution >= 0.6 is 11.3 Å². The summed E-state index contributed by atoms with van der Waals surface area (Å²) >= 11 is 1.58. The molecule has 1 atom stereocenters. The number of alkyl halides is 1. The third kappa shape index (κ3) is 3.67. The monoisotopic (exact) mass is 420 g/mol. The van der Waals surface area contributed by atoms with Crippen molar-refractivity contribution in [2.24, 2.45) is 0 Å². The number of nitrogens with zero attached hydrogens (tertiary/aromatic N) is 3. The number of hydrogen-bond donors (Lipinski definition) is 1. The van der Waals surface area contributed by atoms with Gasteiger partial charge in [0.25, 0.3) is 5.91 Å². The lowest BCUT2D eigenvalue weighted by atomic mass is 10.0. The molecule has 0 spiro atoms. The number of thiazole rings is 1. The first-order valence-corrected chi connectivity index (χ1v) is 10.3. The first-order chi connectivity index (χ1) is 14.7. The Labute approximate surface area is 175 Å². The van der Waals surface area contributed by atoms with E-state index >= 15 is 0 Å². The molecule has 1 N–H and O–H groups in total. The van der Waals surface area contributed by atoms with E-state index in [1.54, 1.807) is 23.6 Å². The third-order valence-corrected chi connectivity index (χ3v) is 5.94. The van der Waals surface area contributed by atoms with Gasteiger partial charge < -0.3 is 10.1 Å². The largest absolute Gasteiger partial charge is 0.372 e. The Hall–Kier alpha value is -3.23. The maximum absolute atomic E-state index is 14.0. The Morgan fingerprint density at radius 1 is 1.20 bits per heavy atom. The van der Waals surface area contributed by atoms with Gasteiger partial charge in [-0.05, 0) is 12.1 Å². The SMILES string of the molecule is O=C(NCc1cc2nc(-c3ccccc3)sc2cn1)c1cnc2c(c1)C(F)COC2. The molecule has 0 radical (unpaired) electrons. The molecule has 3 aromatic heterocycles. The van der Waals surface area contributed by atoms with Crippen LogP contribution in [-0.2, 0) is 17.9 Å². The van der Waals surface area contributed by atoms with Gasteiger partial charge in [0.05, 0.1) is 46.9 Å². The highest BCUT2D eigenvalue weighted by molar-refractivity contribution is 7.21. The lowest BCUT2D eigenvalue weighted by Gasteiger charge is -2.19. The van der Waals surface area contributed by atoms with Gasteiger partial charge in [-0.2, -0.15) is 0 Å². The van der Waals surface area contributed by atoms with Crippen molar-refractivity contribution >= 4 is 27.5 Å². The smallest absolute Gasteiger partial charge is 0.253 e. The van der Waals surface area contributed by atoms with Gasteiger partial charge in [0, 0.05) is 23.5 Å². The molecule has 5 rings (SSSR count). The summed E-state index contributed by atoms with van der Waals surface area (Å²) in [6, 6.07) is 13.4. The van der Waals surface area contributed by atoms with Gasteiger partial charge in [-0.25, -0.2) is 9.37 Å². The van der Waals surface area contributed by atoms with E-state index < -0.39 is 6.17 Å². The maximum atomic E-state index is 14.0. The summed E-state index contributed by atoms with van der Waals surface area (Å²) in [5.41, 5.74) is 3.88. The molecule has 8 heteroatoms. The second kappa shape index (κ2) is 7.89. The zero-order valence-corrected chi connectivity index (χ0v) is 16.7. The van der Waals surface area contributed by atoms with Crippen molar-refractivity contribution in [2.45, 2.75) is 19.3 Å². The van der Waals surface area contributed by atoms with E-state index in [1.807, 2.05) is 36.4 Å². The highest BCUT2D eigenvalue weighted by Gasteiger charge is 2.23. The van der Waals surface area contributed by atoms with Crippen LogP contribution in [0, 0.1) is 0 Å². The second-order valence-corrected chi connectivity index (χ2v) is 7.98. The molecule has 1 aromatic carbocycles. The Morgan fingerprint density at radius 2 is 2.07 bits per heavy atom. The van der Waals surface area contributed by atoms with Crippen LogP contribution in [0.2, 0.25) is 0 Å². The Bertz CT molecular complexity index is 1230. The molecular weight excluding hydrogens is 403 g/mol. The normalized spacial score (nSPS) is 15.7. The lowest BCUT2D eigenvalue weighted by molar-refractivity contribution is 0.0484. The number of halogens is 1. The van der Waals surface area contributed by atoms with Gasteiger partial charge in [-0.15, -0.1) is 11.3 Å². The van der Waals surface area contributed by atoms with Crippen LogP contribution in [0.5, 0.6) is 0 Å². The van der Waals surface area contributed by atoms with Crippen LogP contribution in [0.1, 0.15) is 33.5 Å². The molecule has 4 aromatic rings. The van der Waals surface area contributed by atoms with E-state index in [0.717, 1.165) is 20.8 Å². The fraction of sp³-hybridized carbons (Fsp3) is 0.182. The van der Waals surface area contributed by atoms with Gasteiger partial charge in [0.15, 0.2) is 6.17 Å². The molecule has 0 bridgehead atoms. The van der Waals surface area contributed by atoms with Crippen LogP contribution in [0.3, 0.4) is 0 Å². The average Bonchev–Trinajstić information content (AvgIpc) is 3.22. The molecule has 0 fully saturated rings. The van der Waals surface area contributed by atoms with Crippen LogP contribution in [0.4, 0.5) is 4.39 Å². The van der Waals surface area contributed by atoms with Crippen LogP contribution in [-0.4, -0.2) is 27.5 Å². The van der Waals surface area contributed by atoms with Crippen molar-refractivity contribution in [3.8, 4) is 10.6 Å². The molecular formula is C22H17FN4O2S. The van der Waals surface area contributed by atoms with Crippen molar-refractivity contribution in [3.05, 3.63) is 77.4 Å². The van der Waals surface area contributed by atoms with Crippen LogP contribution in [0.25, 0.3) is 20.8 Å². The number of benzene rings is 1. The first kappa shape index (κ1) is 18.8.